The highest BCUT2D eigenvalue weighted by Crippen LogP contribution is 2.47. The topological polar surface area (TPSA) is 38.5 Å². The van der Waals surface area contributed by atoms with Gasteiger partial charge in [-0.05, 0) is 43.2 Å². The first-order chi connectivity index (χ1) is 9.22. The third kappa shape index (κ3) is 2.38. The highest BCUT2D eigenvalue weighted by atomic mass is 16.5. The van der Waals surface area contributed by atoms with Crippen LogP contribution in [0.15, 0.2) is 18.2 Å². The summed E-state index contributed by atoms with van der Waals surface area (Å²) in [5, 5.41) is 0. The number of benzene rings is 1. The van der Waals surface area contributed by atoms with Gasteiger partial charge in [-0.25, -0.2) is 0 Å². The van der Waals surface area contributed by atoms with Crippen molar-refractivity contribution in [3.8, 4) is 5.75 Å². The van der Waals surface area contributed by atoms with Crippen LogP contribution in [0.25, 0.3) is 0 Å². The minimum atomic E-state index is 0.664. The maximum atomic E-state index is 6.15. The molecule has 3 heteroatoms. The van der Waals surface area contributed by atoms with Gasteiger partial charge in [0.1, 0.15) is 5.75 Å². The first-order valence-electron chi connectivity index (χ1n) is 7.41. The first kappa shape index (κ1) is 12.6. The average Bonchev–Trinajstić information content (AvgIpc) is 2.88. The van der Waals surface area contributed by atoms with Crippen molar-refractivity contribution >= 4 is 11.4 Å². The zero-order chi connectivity index (χ0) is 13.3. The second-order valence-electron chi connectivity index (χ2n) is 6.12. The van der Waals surface area contributed by atoms with Crippen molar-refractivity contribution in [1.29, 1.82) is 0 Å². The molecular formula is C16H24N2O. The van der Waals surface area contributed by atoms with E-state index in [0.29, 0.717) is 5.41 Å². The number of nitrogens with zero attached hydrogens (tertiary/aromatic N) is 1. The van der Waals surface area contributed by atoms with E-state index in [4.69, 9.17) is 10.5 Å². The molecule has 1 aliphatic carbocycles. The van der Waals surface area contributed by atoms with Gasteiger partial charge in [-0.2, -0.15) is 0 Å². The van der Waals surface area contributed by atoms with E-state index >= 15 is 0 Å². The highest BCUT2D eigenvalue weighted by Gasteiger charge is 2.37. The number of anilines is 2. The van der Waals surface area contributed by atoms with E-state index < -0.39 is 0 Å². The van der Waals surface area contributed by atoms with Gasteiger partial charge in [-0.15, -0.1) is 0 Å². The summed E-state index contributed by atoms with van der Waals surface area (Å²) in [7, 11) is 1.68. The molecule has 104 valence electrons. The Morgan fingerprint density at radius 1 is 1.11 bits per heavy atom. The van der Waals surface area contributed by atoms with Crippen LogP contribution in [0.5, 0.6) is 5.75 Å². The maximum absolute atomic E-state index is 6.15. The van der Waals surface area contributed by atoms with Crippen LogP contribution in [0.4, 0.5) is 11.4 Å². The molecule has 1 aliphatic heterocycles. The molecule has 3 rings (SSSR count). The Bertz CT molecular complexity index is 442. The molecule has 0 radical (unpaired) electrons. The fraction of sp³-hybridized carbons (Fsp3) is 0.625. The summed E-state index contributed by atoms with van der Waals surface area (Å²) in [5.74, 6) is 0.838. The van der Waals surface area contributed by atoms with Crippen LogP contribution in [-0.2, 0) is 0 Å². The van der Waals surface area contributed by atoms with Crippen molar-refractivity contribution in [2.24, 2.45) is 5.41 Å². The Morgan fingerprint density at radius 2 is 1.79 bits per heavy atom. The molecule has 1 spiro atoms. The largest absolute Gasteiger partial charge is 0.497 e. The number of hydrogen-bond acceptors (Lipinski definition) is 3. The Balaban J connectivity index is 1.71. The fourth-order valence-electron chi connectivity index (χ4n) is 3.79. The number of piperidine rings is 1. The Labute approximate surface area is 115 Å². The van der Waals surface area contributed by atoms with Crippen molar-refractivity contribution in [3.05, 3.63) is 18.2 Å². The molecule has 19 heavy (non-hydrogen) atoms. The molecule has 0 bridgehead atoms. The molecule has 0 amide bonds. The van der Waals surface area contributed by atoms with Gasteiger partial charge in [0.2, 0.25) is 0 Å². The average molecular weight is 260 g/mol. The molecule has 3 nitrogen and oxygen atoms in total. The lowest BCUT2D eigenvalue weighted by atomic mass is 9.77. The number of hydrogen-bond donors (Lipinski definition) is 1. The molecule has 1 heterocycles. The van der Waals surface area contributed by atoms with E-state index in [9.17, 15) is 0 Å². The monoisotopic (exact) mass is 260 g/mol. The molecule has 1 aromatic rings. The van der Waals surface area contributed by atoms with Crippen LogP contribution in [0.1, 0.15) is 38.5 Å². The summed E-state index contributed by atoms with van der Waals surface area (Å²) in [6, 6.07) is 6.03. The van der Waals surface area contributed by atoms with Gasteiger partial charge < -0.3 is 15.4 Å². The van der Waals surface area contributed by atoms with Gasteiger partial charge in [-0.3, -0.25) is 0 Å². The SMILES string of the molecule is COc1ccc(N2CCC3(CCCC3)CC2)c(N)c1. The molecule has 0 aromatic heterocycles. The lowest BCUT2D eigenvalue weighted by Gasteiger charge is -2.40. The summed E-state index contributed by atoms with van der Waals surface area (Å²) in [4.78, 5) is 2.44. The standard InChI is InChI=1S/C16H24N2O/c1-19-13-4-5-15(14(17)12-13)18-10-8-16(9-11-18)6-2-3-7-16/h4-5,12H,2-3,6-11,17H2,1H3. The number of nitrogens with two attached hydrogens (primary N) is 1. The van der Waals surface area contributed by atoms with Crippen LogP contribution in [-0.4, -0.2) is 20.2 Å². The molecular weight excluding hydrogens is 236 g/mol. The minimum Gasteiger partial charge on any atom is -0.497 e. The smallest absolute Gasteiger partial charge is 0.121 e. The molecule has 0 unspecified atom stereocenters. The number of ether oxygens (including phenoxy) is 1. The molecule has 1 saturated carbocycles. The Hall–Kier alpha value is -1.38. The third-order valence-corrected chi connectivity index (χ3v) is 5.06. The van der Waals surface area contributed by atoms with Crippen molar-refractivity contribution in [3.63, 3.8) is 0 Å². The fourth-order valence-corrected chi connectivity index (χ4v) is 3.79. The summed E-state index contributed by atoms with van der Waals surface area (Å²) in [6.45, 7) is 2.30. The third-order valence-electron chi connectivity index (χ3n) is 5.06. The van der Waals surface area contributed by atoms with E-state index in [1.807, 2.05) is 12.1 Å². The number of methoxy groups -OCH3 is 1. The van der Waals surface area contributed by atoms with Gasteiger partial charge in [0.25, 0.3) is 0 Å². The van der Waals surface area contributed by atoms with Gasteiger partial charge in [-0.1, -0.05) is 12.8 Å². The molecule has 2 N–H and O–H groups in total. The van der Waals surface area contributed by atoms with E-state index in [2.05, 4.69) is 11.0 Å². The first-order valence-corrected chi connectivity index (χ1v) is 7.41. The van der Waals surface area contributed by atoms with Crippen LogP contribution in [0.2, 0.25) is 0 Å². The molecule has 1 aromatic carbocycles. The predicted molar refractivity (Wildman–Crippen MR) is 79.8 cm³/mol. The maximum Gasteiger partial charge on any atom is 0.121 e. The van der Waals surface area contributed by atoms with Gasteiger partial charge in [0, 0.05) is 19.2 Å². The Morgan fingerprint density at radius 3 is 2.37 bits per heavy atom. The molecule has 1 saturated heterocycles. The normalized spacial score (nSPS) is 21.8. The molecule has 2 aliphatic rings. The second-order valence-corrected chi connectivity index (χ2v) is 6.12. The highest BCUT2D eigenvalue weighted by molar-refractivity contribution is 5.69. The molecule has 2 fully saturated rings. The zero-order valence-corrected chi connectivity index (χ0v) is 11.8. The van der Waals surface area contributed by atoms with Crippen LogP contribution in [0, 0.1) is 5.41 Å². The Kier molecular flexibility index (Phi) is 3.29. The predicted octanol–water partition coefficient (Wildman–Crippen LogP) is 3.44. The lowest BCUT2D eigenvalue weighted by molar-refractivity contribution is 0.226. The summed E-state index contributed by atoms with van der Waals surface area (Å²) >= 11 is 0. The van der Waals surface area contributed by atoms with Gasteiger partial charge >= 0.3 is 0 Å². The summed E-state index contributed by atoms with van der Waals surface area (Å²) in [5.41, 5.74) is 8.83. The quantitative estimate of drug-likeness (QED) is 0.828. The van der Waals surface area contributed by atoms with Gasteiger partial charge in [0.15, 0.2) is 0 Å². The van der Waals surface area contributed by atoms with E-state index in [1.165, 1.54) is 44.2 Å². The van der Waals surface area contributed by atoms with E-state index in [1.54, 1.807) is 7.11 Å². The van der Waals surface area contributed by atoms with Crippen molar-refractivity contribution in [2.75, 3.05) is 30.8 Å². The minimum absolute atomic E-state index is 0.664. The summed E-state index contributed by atoms with van der Waals surface area (Å²) < 4.78 is 5.21. The summed E-state index contributed by atoms with van der Waals surface area (Å²) in [6.07, 6.45) is 8.42. The van der Waals surface area contributed by atoms with Crippen LogP contribution >= 0.6 is 0 Å². The number of rotatable bonds is 2. The zero-order valence-electron chi connectivity index (χ0n) is 11.8. The van der Waals surface area contributed by atoms with Crippen molar-refractivity contribution in [2.45, 2.75) is 38.5 Å². The lowest BCUT2D eigenvalue weighted by Crippen LogP contribution is -2.39. The van der Waals surface area contributed by atoms with Gasteiger partial charge in [0.05, 0.1) is 18.5 Å². The van der Waals surface area contributed by atoms with Crippen LogP contribution < -0.4 is 15.4 Å². The van der Waals surface area contributed by atoms with Crippen molar-refractivity contribution in [1.82, 2.24) is 0 Å². The van der Waals surface area contributed by atoms with Crippen LogP contribution in [0.3, 0.4) is 0 Å². The van der Waals surface area contributed by atoms with E-state index in [-0.39, 0.29) is 0 Å². The molecule has 0 atom stereocenters. The van der Waals surface area contributed by atoms with E-state index in [0.717, 1.165) is 24.5 Å². The second kappa shape index (κ2) is 4.95. The number of nitrogen functional groups attached to an aromatic ring is 1. The van der Waals surface area contributed by atoms with Crippen molar-refractivity contribution < 1.29 is 4.74 Å².